The van der Waals surface area contributed by atoms with E-state index in [-0.39, 0.29) is 11.9 Å². The second-order valence-corrected chi connectivity index (χ2v) is 5.18. The molecule has 0 N–H and O–H groups in total. The summed E-state index contributed by atoms with van der Waals surface area (Å²) in [7, 11) is 1.79. The van der Waals surface area contributed by atoms with E-state index in [9.17, 15) is 4.79 Å². The zero-order valence-corrected chi connectivity index (χ0v) is 12.3. The van der Waals surface area contributed by atoms with Crippen molar-refractivity contribution in [2.75, 3.05) is 26.2 Å². The van der Waals surface area contributed by atoms with Crippen LogP contribution in [0.3, 0.4) is 0 Å². The summed E-state index contributed by atoms with van der Waals surface area (Å²) >= 11 is 0. The molecule has 2 heterocycles. The van der Waals surface area contributed by atoms with Gasteiger partial charge in [-0.15, -0.1) is 0 Å². The van der Waals surface area contributed by atoms with Crippen molar-refractivity contribution < 1.29 is 4.79 Å². The van der Waals surface area contributed by atoms with Crippen molar-refractivity contribution in [3.63, 3.8) is 0 Å². The standard InChI is InChI=1S/C14H21N5O/c1-4-12(10-15)18-5-7-19(8-6-18)14(20)13-9-11(2)16-17(13)3/h9,12H,4-8H2,1-3H3. The maximum atomic E-state index is 12.4. The van der Waals surface area contributed by atoms with Crippen LogP contribution in [0.15, 0.2) is 6.07 Å². The molecule has 0 aliphatic carbocycles. The number of nitrogens with zero attached hydrogens (tertiary/aromatic N) is 5. The molecule has 1 aliphatic heterocycles. The third kappa shape index (κ3) is 2.83. The molecular formula is C14H21N5O. The van der Waals surface area contributed by atoms with Gasteiger partial charge in [-0.2, -0.15) is 10.4 Å². The Morgan fingerprint density at radius 2 is 2.10 bits per heavy atom. The fraction of sp³-hybridized carbons (Fsp3) is 0.643. The van der Waals surface area contributed by atoms with Crippen LogP contribution in [-0.4, -0.2) is 57.7 Å². The van der Waals surface area contributed by atoms with Gasteiger partial charge in [0.2, 0.25) is 0 Å². The van der Waals surface area contributed by atoms with Gasteiger partial charge in [-0.25, -0.2) is 0 Å². The number of aryl methyl sites for hydroxylation is 2. The second kappa shape index (κ2) is 6.06. The van der Waals surface area contributed by atoms with Gasteiger partial charge in [-0.3, -0.25) is 14.4 Å². The van der Waals surface area contributed by atoms with Crippen molar-refractivity contribution in [2.24, 2.45) is 7.05 Å². The minimum absolute atomic E-state index is 0.0257. The monoisotopic (exact) mass is 275 g/mol. The molecule has 1 unspecified atom stereocenters. The number of carbonyl (C=O) groups excluding carboxylic acids is 1. The largest absolute Gasteiger partial charge is 0.335 e. The first kappa shape index (κ1) is 14.5. The molecule has 1 saturated heterocycles. The van der Waals surface area contributed by atoms with E-state index < -0.39 is 0 Å². The quantitative estimate of drug-likeness (QED) is 0.818. The van der Waals surface area contributed by atoms with Crippen molar-refractivity contribution in [1.82, 2.24) is 19.6 Å². The highest BCUT2D eigenvalue weighted by Gasteiger charge is 2.27. The lowest BCUT2D eigenvalue weighted by atomic mass is 10.1. The number of nitriles is 1. The summed E-state index contributed by atoms with van der Waals surface area (Å²) in [4.78, 5) is 16.4. The molecule has 2 rings (SSSR count). The van der Waals surface area contributed by atoms with Gasteiger partial charge in [0.05, 0.1) is 17.8 Å². The van der Waals surface area contributed by atoms with Gasteiger partial charge in [0.15, 0.2) is 0 Å². The summed E-state index contributed by atoms with van der Waals surface area (Å²) in [6, 6.07) is 4.10. The van der Waals surface area contributed by atoms with E-state index in [1.807, 2.05) is 24.8 Å². The maximum absolute atomic E-state index is 12.4. The third-order valence-corrected chi connectivity index (χ3v) is 3.80. The number of aromatic nitrogens is 2. The van der Waals surface area contributed by atoms with Crippen molar-refractivity contribution in [2.45, 2.75) is 26.3 Å². The van der Waals surface area contributed by atoms with E-state index in [1.165, 1.54) is 0 Å². The Bertz CT molecular complexity index is 522. The molecule has 108 valence electrons. The van der Waals surface area contributed by atoms with Gasteiger partial charge in [-0.05, 0) is 19.4 Å². The minimum Gasteiger partial charge on any atom is -0.335 e. The number of hydrogen-bond donors (Lipinski definition) is 0. The average Bonchev–Trinajstić information content (AvgIpc) is 2.79. The predicted molar refractivity (Wildman–Crippen MR) is 75.1 cm³/mol. The van der Waals surface area contributed by atoms with Crippen LogP contribution in [0.4, 0.5) is 0 Å². The van der Waals surface area contributed by atoms with Crippen LogP contribution in [0.25, 0.3) is 0 Å². The topological polar surface area (TPSA) is 65.2 Å². The molecule has 0 saturated carbocycles. The van der Waals surface area contributed by atoms with Crippen molar-refractivity contribution in [3.05, 3.63) is 17.5 Å². The highest BCUT2D eigenvalue weighted by Crippen LogP contribution is 2.12. The zero-order valence-electron chi connectivity index (χ0n) is 12.3. The Labute approximate surface area is 119 Å². The number of amides is 1. The molecule has 0 radical (unpaired) electrons. The lowest BCUT2D eigenvalue weighted by molar-refractivity contribution is 0.0594. The normalized spacial score (nSPS) is 17.8. The first-order valence-electron chi connectivity index (χ1n) is 7.00. The average molecular weight is 275 g/mol. The van der Waals surface area contributed by atoms with Crippen molar-refractivity contribution in [3.8, 4) is 6.07 Å². The van der Waals surface area contributed by atoms with E-state index in [1.54, 1.807) is 11.7 Å². The van der Waals surface area contributed by atoms with Gasteiger partial charge in [0, 0.05) is 33.2 Å². The predicted octanol–water partition coefficient (Wildman–Crippen LogP) is 0.788. The Hall–Kier alpha value is -1.87. The molecule has 1 fully saturated rings. The van der Waals surface area contributed by atoms with Gasteiger partial charge in [0.1, 0.15) is 5.69 Å². The number of carbonyl (C=O) groups is 1. The van der Waals surface area contributed by atoms with E-state index in [0.717, 1.165) is 25.2 Å². The van der Waals surface area contributed by atoms with Gasteiger partial charge >= 0.3 is 0 Å². The lowest BCUT2D eigenvalue weighted by Gasteiger charge is -2.36. The van der Waals surface area contributed by atoms with Gasteiger partial charge in [0.25, 0.3) is 5.91 Å². The van der Waals surface area contributed by atoms with E-state index in [4.69, 9.17) is 5.26 Å². The fourth-order valence-electron chi connectivity index (χ4n) is 2.64. The summed E-state index contributed by atoms with van der Waals surface area (Å²) in [6.07, 6.45) is 0.825. The Morgan fingerprint density at radius 3 is 2.55 bits per heavy atom. The Balaban J connectivity index is 1.99. The molecule has 1 aromatic rings. The molecule has 1 amide bonds. The number of hydrogen-bond acceptors (Lipinski definition) is 4. The van der Waals surface area contributed by atoms with E-state index >= 15 is 0 Å². The molecule has 0 aromatic carbocycles. The molecule has 6 heteroatoms. The smallest absolute Gasteiger partial charge is 0.272 e. The van der Waals surface area contributed by atoms with Crippen molar-refractivity contribution >= 4 is 5.91 Å². The minimum atomic E-state index is -0.0359. The highest BCUT2D eigenvalue weighted by atomic mass is 16.2. The molecular weight excluding hydrogens is 254 g/mol. The molecule has 1 aromatic heterocycles. The van der Waals surface area contributed by atoms with E-state index in [0.29, 0.717) is 18.8 Å². The van der Waals surface area contributed by atoms with Crippen LogP contribution in [0.5, 0.6) is 0 Å². The second-order valence-electron chi connectivity index (χ2n) is 5.18. The molecule has 6 nitrogen and oxygen atoms in total. The SMILES string of the molecule is CCC(C#N)N1CCN(C(=O)c2cc(C)nn2C)CC1. The highest BCUT2D eigenvalue weighted by molar-refractivity contribution is 5.92. The maximum Gasteiger partial charge on any atom is 0.272 e. The molecule has 20 heavy (non-hydrogen) atoms. The Morgan fingerprint density at radius 1 is 1.45 bits per heavy atom. The van der Waals surface area contributed by atoms with Crippen LogP contribution in [0, 0.1) is 18.3 Å². The number of piperazine rings is 1. The van der Waals surface area contributed by atoms with Gasteiger partial charge in [-0.1, -0.05) is 6.92 Å². The van der Waals surface area contributed by atoms with Crippen LogP contribution < -0.4 is 0 Å². The summed E-state index contributed by atoms with van der Waals surface area (Å²) in [5, 5.41) is 13.3. The van der Waals surface area contributed by atoms with Gasteiger partial charge < -0.3 is 4.90 Å². The summed E-state index contributed by atoms with van der Waals surface area (Å²) < 4.78 is 1.63. The third-order valence-electron chi connectivity index (χ3n) is 3.80. The van der Waals surface area contributed by atoms with E-state index in [2.05, 4.69) is 16.1 Å². The lowest BCUT2D eigenvalue weighted by Crippen LogP contribution is -2.51. The number of rotatable bonds is 3. The first-order chi connectivity index (χ1) is 9.56. The van der Waals surface area contributed by atoms with Crippen molar-refractivity contribution in [1.29, 1.82) is 5.26 Å². The molecule has 0 spiro atoms. The summed E-state index contributed by atoms with van der Waals surface area (Å²) in [5.41, 5.74) is 1.48. The fourth-order valence-corrected chi connectivity index (χ4v) is 2.64. The first-order valence-corrected chi connectivity index (χ1v) is 7.00. The van der Waals surface area contributed by atoms with Crippen LogP contribution in [0.1, 0.15) is 29.5 Å². The molecule has 0 bridgehead atoms. The Kier molecular flexibility index (Phi) is 4.40. The zero-order chi connectivity index (χ0) is 14.7. The molecule has 1 atom stereocenters. The van der Waals surface area contributed by atoms with Crippen LogP contribution in [-0.2, 0) is 7.05 Å². The summed E-state index contributed by atoms with van der Waals surface area (Å²) in [6.45, 7) is 6.75. The molecule has 1 aliphatic rings. The summed E-state index contributed by atoms with van der Waals surface area (Å²) in [5.74, 6) is 0.0257. The van der Waals surface area contributed by atoms with Crippen LogP contribution in [0.2, 0.25) is 0 Å². The van der Waals surface area contributed by atoms with Crippen LogP contribution >= 0.6 is 0 Å².